The molecule has 2 amide bonds. The topological polar surface area (TPSA) is 106 Å². The molecule has 1 aromatic rings. The average molecular weight is 262 g/mol. The van der Waals surface area contributed by atoms with E-state index in [1.807, 2.05) is 0 Å². The van der Waals surface area contributed by atoms with Gasteiger partial charge in [-0.15, -0.1) is 0 Å². The first kappa shape index (κ1) is 12.9. The van der Waals surface area contributed by atoms with E-state index in [0.29, 0.717) is 23.5 Å². The molecule has 4 N–H and O–H groups in total. The number of benzene rings is 1. The van der Waals surface area contributed by atoms with Crippen LogP contribution in [0.3, 0.4) is 0 Å². The Morgan fingerprint density at radius 3 is 2.89 bits per heavy atom. The largest absolute Gasteiger partial charge is 0.497 e. The van der Waals surface area contributed by atoms with Gasteiger partial charge in [0.05, 0.1) is 18.5 Å². The van der Waals surface area contributed by atoms with Crippen LogP contribution in [0.5, 0.6) is 5.75 Å². The number of anilines is 2. The van der Waals surface area contributed by atoms with Crippen molar-refractivity contribution in [2.45, 2.75) is 12.8 Å². The van der Waals surface area contributed by atoms with Crippen LogP contribution in [-0.2, 0) is 9.59 Å². The van der Waals surface area contributed by atoms with Gasteiger partial charge in [-0.2, -0.15) is 5.10 Å². The lowest BCUT2D eigenvalue weighted by molar-refractivity contribution is -0.121. The fourth-order valence-corrected chi connectivity index (χ4v) is 1.60. The highest BCUT2D eigenvalue weighted by atomic mass is 16.5. The fraction of sp³-hybridized carbons (Fsp3) is 0.250. The van der Waals surface area contributed by atoms with Gasteiger partial charge < -0.3 is 15.8 Å². The molecule has 0 atom stereocenters. The van der Waals surface area contributed by atoms with Gasteiger partial charge in [0, 0.05) is 18.9 Å². The van der Waals surface area contributed by atoms with E-state index in [1.165, 1.54) is 7.11 Å². The van der Waals surface area contributed by atoms with E-state index >= 15 is 0 Å². The Morgan fingerprint density at radius 1 is 1.47 bits per heavy atom. The number of nitrogens with zero attached hydrogens (tertiary/aromatic N) is 1. The zero-order valence-corrected chi connectivity index (χ0v) is 10.4. The smallest absolute Gasteiger partial charge is 0.271 e. The maximum atomic E-state index is 11.9. The molecule has 0 unspecified atom stereocenters. The summed E-state index contributed by atoms with van der Waals surface area (Å²) in [6, 6.07) is 4.96. The van der Waals surface area contributed by atoms with E-state index in [0.717, 1.165) is 0 Å². The maximum absolute atomic E-state index is 11.9. The monoisotopic (exact) mass is 262 g/mol. The Balaban J connectivity index is 2.12. The number of amides is 2. The van der Waals surface area contributed by atoms with Crippen LogP contribution in [0.1, 0.15) is 12.8 Å². The molecule has 100 valence electrons. The van der Waals surface area contributed by atoms with E-state index < -0.39 is 0 Å². The Morgan fingerprint density at radius 2 is 2.26 bits per heavy atom. The summed E-state index contributed by atoms with van der Waals surface area (Å²) in [6.45, 7) is 0. The minimum Gasteiger partial charge on any atom is -0.497 e. The summed E-state index contributed by atoms with van der Waals surface area (Å²) in [6.07, 6.45) is 0.557. The predicted molar refractivity (Wildman–Crippen MR) is 70.8 cm³/mol. The zero-order valence-electron chi connectivity index (χ0n) is 10.4. The molecular weight excluding hydrogens is 248 g/mol. The van der Waals surface area contributed by atoms with Crippen LogP contribution in [0.2, 0.25) is 0 Å². The molecule has 7 nitrogen and oxygen atoms in total. The van der Waals surface area contributed by atoms with Gasteiger partial charge in [-0.3, -0.25) is 9.59 Å². The summed E-state index contributed by atoms with van der Waals surface area (Å²) in [5.74, 6) is 0.000725. The van der Waals surface area contributed by atoms with Gasteiger partial charge >= 0.3 is 0 Å². The number of rotatable bonds is 3. The molecule has 7 heteroatoms. The number of hydrazone groups is 1. The van der Waals surface area contributed by atoms with Gasteiger partial charge in [0.25, 0.3) is 5.91 Å². The highest BCUT2D eigenvalue weighted by Gasteiger charge is 2.19. The molecule has 0 saturated heterocycles. The predicted octanol–water partition coefficient (Wildman–Crippen LogP) is 0.482. The van der Waals surface area contributed by atoms with E-state index in [4.69, 9.17) is 10.5 Å². The summed E-state index contributed by atoms with van der Waals surface area (Å²) < 4.78 is 5.06. The molecule has 0 fully saturated rings. The standard InChI is InChI=1S/C12H14N4O3/c1-19-7-2-3-8(13)10(6-7)14-12(18)9-4-5-11(17)16-15-9/h2-3,6H,4-5,13H2,1H3,(H,14,18)(H,16,17). The Labute approximate surface area is 109 Å². The van der Waals surface area contributed by atoms with Crippen molar-refractivity contribution in [3.63, 3.8) is 0 Å². The third-order valence-corrected chi connectivity index (χ3v) is 2.68. The quantitative estimate of drug-likeness (QED) is 0.689. The number of hydrogen-bond acceptors (Lipinski definition) is 5. The molecule has 0 aliphatic carbocycles. The first-order valence-corrected chi connectivity index (χ1v) is 5.70. The molecule has 1 aliphatic rings. The number of nitrogens with two attached hydrogens (primary N) is 1. The summed E-state index contributed by atoms with van der Waals surface area (Å²) in [5, 5.41) is 6.36. The lowest BCUT2D eigenvalue weighted by atomic mass is 10.1. The normalized spacial score (nSPS) is 14.4. The molecule has 0 aromatic heterocycles. The SMILES string of the molecule is COc1ccc(N)c(NC(=O)C2=NNC(=O)CC2)c1. The van der Waals surface area contributed by atoms with E-state index in [9.17, 15) is 9.59 Å². The van der Waals surface area contributed by atoms with Crippen LogP contribution in [0.25, 0.3) is 0 Å². The summed E-state index contributed by atoms with van der Waals surface area (Å²) in [5.41, 5.74) is 9.17. The molecule has 19 heavy (non-hydrogen) atoms. The van der Waals surface area contributed by atoms with Crippen LogP contribution in [0.4, 0.5) is 11.4 Å². The van der Waals surface area contributed by atoms with Crippen molar-refractivity contribution in [3.05, 3.63) is 18.2 Å². The van der Waals surface area contributed by atoms with Crippen LogP contribution in [-0.4, -0.2) is 24.6 Å². The number of ether oxygens (including phenoxy) is 1. The Kier molecular flexibility index (Phi) is 3.65. The third-order valence-electron chi connectivity index (χ3n) is 2.68. The van der Waals surface area contributed by atoms with Crippen molar-refractivity contribution in [1.29, 1.82) is 0 Å². The molecule has 1 aliphatic heterocycles. The highest BCUT2D eigenvalue weighted by Crippen LogP contribution is 2.24. The summed E-state index contributed by atoms with van der Waals surface area (Å²) >= 11 is 0. The van der Waals surface area contributed by atoms with Gasteiger partial charge in [0.15, 0.2) is 0 Å². The fourth-order valence-electron chi connectivity index (χ4n) is 1.60. The van der Waals surface area contributed by atoms with Gasteiger partial charge in [0.2, 0.25) is 5.91 Å². The number of carbonyl (C=O) groups excluding carboxylic acids is 2. The van der Waals surface area contributed by atoms with Gasteiger partial charge in [-0.05, 0) is 12.1 Å². The van der Waals surface area contributed by atoms with Crippen molar-refractivity contribution >= 4 is 28.9 Å². The van der Waals surface area contributed by atoms with Crippen molar-refractivity contribution in [1.82, 2.24) is 5.43 Å². The highest BCUT2D eigenvalue weighted by molar-refractivity contribution is 6.43. The molecule has 1 heterocycles. The van der Waals surface area contributed by atoms with Gasteiger partial charge in [0.1, 0.15) is 11.5 Å². The molecule has 0 spiro atoms. The van der Waals surface area contributed by atoms with E-state index in [-0.39, 0.29) is 23.9 Å². The first-order chi connectivity index (χ1) is 9.10. The summed E-state index contributed by atoms with van der Waals surface area (Å²) in [7, 11) is 1.53. The van der Waals surface area contributed by atoms with Crippen molar-refractivity contribution in [2.24, 2.45) is 5.10 Å². The zero-order chi connectivity index (χ0) is 13.8. The second-order valence-electron chi connectivity index (χ2n) is 4.00. The minimum atomic E-state index is -0.389. The molecule has 0 saturated carbocycles. The molecule has 0 bridgehead atoms. The van der Waals surface area contributed by atoms with Crippen LogP contribution < -0.4 is 21.2 Å². The van der Waals surface area contributed by atoms with Gasteiger partial charge in [-0.1, -0.05) is 0 Å². The lowest BCUT2D eigenvalue weighted by Gasteiger charge is -2.13. The van der Waals surface area contributed by atoms with Crippen molar-refractivity contribution in [3.8, 4) is 5.75 Å². The average Bonchev–Trinajstić information content (AvgIpc) is 2.42. The second kappa shape index (κ2) is 5.38. The number of nitrogens with one attached hydrogen (secondary N) is 2. The van der Waals surface area contributed by atoms with Crippen molar-refractivity contribution < 1.29 is 14.3 Å². The first-order valence-electron chi connectivity index (χ1n) is 5.70. The van der Waals surface area contributed by atoms with E-state index in [2.05, 4.69) is 15.8 Å². The number of nitrogen functional groups attached to an aromatic ring is 1. The van der Waals surface area contributed by atoms with E-state index in [1.54, 1.807) is 18.2 Å². The molecule has 1 aromatic carbocycles. The Bertz CT molecular complexity index is 554. The Hall–Kier alpha value is -2.57. The number of hydrogen-bond donors (Lipinski definition) is 3. The third kappa shape index (κ3) is 3.01. The number of methoxy groups -OCH3 is 1. The molecule has 0 radical (unpaired) electrons. The van der Waals surface area contributed by atoms with Crippen LogP contribution >= 0.6 is 0 Å². The summed E-state index contributed by atoms with van der Waals surface area (Å²) in [4.78, 5) is 22.9. The minimum absolute atomic E-state index is 0.197. The van der Waals surface area contributed by atoms with Crippen molar-refractivity contribution in [2.75, 3.05) is 18.2 Å². The maximum Gasteiger partial charge on any atom is 0.271 e. The van der Waals surface area contributed by atoms with Crippen LogP contribution in [0.15, 0.2) is 23.3 Å². The molecule has 2 rings (SSSR count). The molecular formula is C12H14N4O3. The van der Waals surface area contributed by atoms with Gasteiger partial charge in [-0.25, -0.2) is 5.43 Å². The second-order valence-corrected chi connectivity index (χ2v) is 4.00. The number of carbonyl (C=O) groups is 2. The van der Waals surface area contributed by atoms with Crippen LogP contribution in [0, 0.1) is 0 Å². The lowest BCUT2D eigenvalue weighted by Crippen LogP contribution is -2.32.